The summed E-state index contributed by atoms with van der Waals surface area (Å²) in [5.41, 5.74) is 3.19. The zero-order valence-corrected chi connectivity index (χ0v) is 17.8. The average Bonchev–Trinajstić information content (AvgIpc) is 3.21. The average molecular weight is 406 g/mol. The van der Waals surface area contributed by atoms with Crippen molar-refractivity contribution in [2.45, 2.75) is 33.1 Å². The highest BCUT2D eigenvalue weighted by molar-refractivity contribution is 5.64. The molecule has 5 rings (SSSR count). The Hall–Kier alpha value is -3.36. The van der Waals surface area contributed by atoms with Crippen molar-refractivity contribution in [1.29, 1.82) is 0 Å². The fourth-order valence-corrected chi connectivity index (χ4v) is 3.58. The van der Waals surface area contributed by atoms with Crippen molar-refractivity contribution >= 4 is 11.6 Å². The predicted molar refractivity (Wildman–Crippen MR) is 115 cm³/mol. The second-order valence-electron chi connectivity index (χ2n) is 7.99. The number of nitrogens with one attached hydrogen (secondary N) is 1. The third-order valence-corrected chi connectivity index (χ3v) is 5.82. The second-order valence-corrected chi connectivity index (χ2v) is 7.99. The molecule has 1 aliphatic rings. The number of aromatic nitrogens is 8. The van der Waals surface area contributed by atoms with Crippen LogP contribution in [0, 0.1) is 11.3 Å². The molecule has 0 unspecified atom stereocenters. The Kier molecular flexibility index (Phi) is 5.43. The van der Waals surface area contributed by atoms with E-state index in [0.29, 0.717) is 17.3 Å². The predicted octanol–water partition coefficient (Wildman–Crippen LogP) is 3.02. The van der Waals surface area contributed by atoms with Crippen molar-refractivity contribution in [1.82, 2.24) is 39.6 Å². The lowest BCUT2D eigenvalue weighted by Gasteiger charge is -2.18. The molecule has 0 atom stereocenters. The number of hydrogen-bond acceptors (Lipinski definition) is 7. The largest absolute Gasteiger partial charge is 0.357 e. The molecule has 9 nitrogen and oxygen atoms in total. The maximum atomic E-state index is 4.49. The first kappa shape index (κ1) is 19.9. The molecule has 4 aromatic rings. The van der Waals surface area contributed by atoms with Gasteiger partial charge in [0.15, 0.2) is 5.65 Å². The monoisotopic (exact) mass is 405 g/mol. The number of aryl methyl sites for hydroxylation is 1. The summed E-state index contributed by atoms with van der Waals surface area (Å²) in [7, 11) is 3.59. The second kappa shape index (κ2) is 8.17. The molecule has 0 radical (unpaired) electrons. The fourth-order valence-electron chi connectivity index (χ4n) is 3.58. The summed E-state index contributed by atoms with van der Waals surface area (Å²) < 4.78 is 2.10. The Morgan fingerprint density at radius 1 is 1.10 bits per heavy atom. The maximum absolute atomic E-state index is 4.49. The van der Waals surface area contributed by atoms with Gasteiger partial charge in [-0.1, -0.05) is 13.8 Å². The van der Waals surface area contributed by atoms with Crippen molar-refractivity contribution in [2.24, 2.45) is 18.4 Å². The minimum atomic E-state index is 0.427. The van der Waals surface area contributed by atoms with Crippen LogP contribution in [0.3, 0.4) is 0 Å². The molecule has 1 saturated carbocycles. The van der Waals surface area contributed by atoms with Crippen LogP contribution in [0.2, 0.25) is 0 Å². The highest BCUT2D eigenvalue weighted by atomic mass is 15.4. The Balaban J connectivity index is 0.000000313. The van der Waals surface area contributed by atoms with Crippen LogP contribution in [0.25, 0.3) is 16.9 Å². The lowest BCUT2D eigenvalue weighted by atomic mass is 9.89. The van der Waals surface area contributed by atoms with Crippen molar-refractivity contribution in [3.05, 3.63) is 48.8 Å². The first-order valence-corrected chi connectivity index (χ1v) is 10.2. The normalized spacial score (nSPS) is 14.4. The van der Waals surface area contributed by atoms with E-state index in [-0.39, 0.29) is 0 Å². The van der Waals surface area contributed by atoms with Crippen LogP contribution in [0.4, 0.5) is 5.95 Å². The number of hydrogen-bond donors (Lipinski definition) is 1. The molecule has 9 heteroatoms. The third-order valence-electron chi connectivity index (χ3n) is 5.82. The van der Waals surface area contributed by atoms with Gasteiger partial charge in [0.2, 0.25) is 5.95 Å². The zero-order chi connectivity index (χ0) is 21.1. The van der Waals surface area contributed by atoms with Crippen LogP contribution >= 0.6 is 0 Å². The summed E-state index contributed by atoms with van der Waals surface area (Å²) in [6, 6.07) is 6.01. The van der Waals surface area contributed by atoms with Gasteiger partial charge in [0.05, 0.1) is 18.1 Å². The van der Waals surface area contributed by atoms with Crippen LogP contribution in [0.1, 0.15) is 32.5 Å². The first-order chi connectivity index (χ1) is 14.5. The first-order valence-electron chi connectivity index (χ1n) is 10.2. The Bertz CT molecular complexity index is 1110. The lowest BCUT2D eigenvalue weighted by molar-refractivity contribution is 0.349. The summed E-state index contributed by atoms with van der Waals surface area (Å²) in [5, 5.41) is 19.2. The van der Waals surface area contributed by atoms with E-state index in [4.69, 9.17) is 0 Å². The van der Waals surface area contributed by atoms with Crippen LogP contribution < -0.4 is 5.32 Å². The Labute approximate surface area is 175 Å². The van der Waals surface area contributed by atoms with Crippen molar-refractivity contribution in [3.63, 3.8) is 0 Å². The van der Waals surface area contributed by atoms with Crippen LogP contribution in [0.15, 0.2) is 43.0 Å². The van der Waals surface area contributed by atoms with E-state index in [0.717, 1.165) is 29.1 Å². The quantitative estimate of drug-likeness (QED) is 0.545. The molecule has 4 heterocycles. The molecular weight excluding hydrogens is 378 g/mol. The van der Waals surface area contributed by atoms with Crippen molar-refractivity contribution in [3.8, 4) is 11.3 Å². The Morgan fingerprint density at radius 3 is 2.47 bits per heavy atom. The number of pyridine rings is 1. The number of anilines is 1. The summed E-state index contributed by atoms with van der Waals surface area (Å²) in [6.45, 7) is 4.62. The third kappa shape index (κ3) is 4.14. The minimum absolute atomic E-state index is 0.427. The van der Waals surface area contributed by atoms with Crippen LogP contribution in [-0.4, -0.2) is 46.6 Å². The van der Waals surface area contributed by atoms with Gasteiger partial charge < -0.3 is 5.32 Å². The number of nitrogens with zero attached hydrogens (tertiary/aromatic N) is 8. The summed E-state index contributed by atoms with van der Waals surface area (Å²) in [4.78, 5) is 10.1. The topological polar surface area (TPSA) is 98.7 Å². The highest BCUT2D eigenvalue weighted by Gasteiger charge is 2.46. The van der Waals surface area contributed by atoms with Crippen molar-refractivity contribution < 1.29 is 0 Å². The van der Waals surface area contributed by atoms with E-state index >= 15 is 0 Å². The number of fused-ring (bicyclic) bond motifs is 1. The van der Waals surface area contributed by atoms with Gasteiger partial charge in [0.25, 0.3) is 0 Å². The van der Waals surface area contributed by atoms with Crippen LogP contribution in [-0.2, 0) is 13.5 Å². The minimum Gasteiger partial charge on any atom is -0.357 e. The molecular formula is C21H27N9. The summed E-state index contributed by atoms with van der Waals surface area (Å²) >= 11 is 0. The SMILES string of the molecule is CNc1nccc(-c2ccn3c(CC4(C(C)C)CC4)nnc3c2)n1.Cn1nccn1. The van der Waals surface area contributed by atoms with E-state index in [1.165, 1.54) is 17.6 Å². The molecule has 0 aliphatic heterocycles. The van der Waals surface area contributed by atoms with Gasteiger partial charge in [0.1, 0.15) is 5.82 Å². The van der Waals surface area contributed by atoms with E-state index in [9.17, 15) is 0 Å². The molecule has 0 bridgehead atoms. The molecule has 1 aliphatic carbocycles. The van der Waals surface area contributed by atoms with Gasteiger partial charge in [-0.3, -0.25) is 4.40 Å². The standard InChI is InChI=1S/C18H22N6.C3H5N3/c1-12(2)18(6-7-18)11-16-23-22-15-10-13(5-9-24(15)16)14-4-8-20-17(19-3)21-14;1-6-4-2-3-5-6/h4-5,8-10,12H,6-7,11H2,1-3H3,(H,19,20,21);2-3H,1H3. The molecule has 30 heavy (non-hydrogen) atoms. The van der Waals surface area contributed by atoms with Crippen LogP contribution in [0.5, 0.6) is 0 Å². The lowest BCUT2D eigenvalue weighted by Crippen LogP contribution is -2.14. The van der Waals surface area contributed by atoms with Gasteiger partial charge in [0, 0.05) is 38.5 Å². The van der Waals surface area contributed by atoms with E-state index in [1.54, 1.807) is 25.6 Å². The smallest absolute Gasteiger partial charge is 0.222 e. The van der Waals surface area contributed by atoms with E-state index in [1.807, 2.05) is 19.2 Å². The van der Waals surface area contributed by atoms with Gasteiger partial charge >= 0.3 is 0 Å². The van der Waals surface area contributed by atoms with Gasteiger partial charge in [-0.15, -0.1) is 10.2 Å². The number of rotatable bonds is 5. The fraction of sp³-hybridized carbons (Fsp3) is 0.429. The molecule has 4 aromatic heterocycles. The molecule has 0 saturated heterocycles. The Morgan fingerprint density at radius 2 is 1.87 bits per heavy atom. The van der Waals surface area contributed by atoms with E-state index in [2.05, 4.69) is 66.2 Å². The highest BCUT2D eigenvalue weighted by Crippen LogP contribution is 2.53. The molecule has 0 amide bonds. The van der Waals surface area contributed by atoms with E-state index < -0.39 is 0 Å². The molecule has 1 fully saturated rings. The van der Waals surface area contributed by atoms with Gasteiger partial charge in [-0.25, -0.2) is 9.97 Å². The van der Waals surface area contributed by atoms with Crippen molar-refractivity contribution in [2.75, 3.05) is 12.4 Å². The molecule has 0 spiro atoms. The molecule has 1 N–H and O–H groups in total. The van der Waals surface area contributed by atoms with Gasteiger partial charge in [-0.05, 0) is 42.4 Å². The maximum Gasteiger partial charge on any atom is 0.222 e. The molecule has 0 aromatic carbocycles. The van der Waals surface area contributed by atoms with Gasteiger partial charge in [-0.2, -0.15) is 15.0 Å². The summed E-state index contributed by atoms with van der Waals surface area (Å²) in [6.07, 6.45) is 10.7. The summed E-state index contributed by atoms with van der Waals surface area (Å²) in [5.74, 6) is 2.36. The zero-order valence-electron chi connectivity index (χ0n) is 17.8. The molecule has 156 valence electrons.